The van der Waals surface area contributed by atoms with Crippen LogP contribution < -0.4 is 9.64 Å². The van der Waals surface area contributed by atoms with Crippen molar-refractivity contribution >= 4 is 61.4 Å². The number of non-ortho nitro benzene ring substituents is 1. The largest absolute Gasteiger partial charge is 0.507 e. The first-order chi connectivity index (χ1) is 17.3. The summed E-state index contributed by atoms with van der Waals surface area (Å²) in [5.41, 5.74) is 0.972. The number of ether oxygens (including phenoxy) is 1. The Hall–Kier alpha value is -4.28. The van der Waals surface area contributed by atoms with Crippen LogP contribution in [0, 0.1) is 10.1 Å². The molecule has 0 spiro atoms. The van der Waals surface area contributed by atoms with Crippen LogP contribution in [0.1, 0.15) is 17.2 Å². The van der Waals surface area contributed by atoms with Gasteiger partial charge in [-0.05, 0) is 60.2 Å². The molecule has 5 rings (SSSR count). The smallest absolute Gasteiger partial charge is 0.301 e. The molecular formula is C25H16ClN3O6S. The summed E-state index contributed by atoms with van der Waals surface area (Å²) in [6.45, 7) is 0. The summed E-state index contributed by atoms with van der Waals surface area (Å²) < 4.78 is 5.85. The van der Waals surface area contributed by atoms with E-state index < -0.39 is 22.7 Å². The first kappa shape index (κ1) is 23.5. The van der Waals surface area contributed by atoms with Crippen molar-refractivity contribution in [3.63, 3.8) is 0 Å². The number of aliphatic hydroxyl groups is 1. The molecule has 1 aliphatic heterocycles. The topological polar surface area (TPSA) is 123 Å². The number of nitrogens with zero attached hydrogens (tertiary/aromatic N) is 3. The van der Waals surface area contributed by atoms with Crippen LogP contribution in [0.2, 0.25) is 5.02 Å². The summed E-state index contributed by atoms with van der Waals surface area (Å²) in [6, 6.07) is 15.8. The highest BCUT2D eigenvalue weighted by Crippen LogP contribution is 2.44. The molecule has 0 bridgehead atoms. The Bertz CT molecular complexity index is 1560. The van der Waals surface area contributed by atoms with E-state index in [0.29, 0.717) is 32.1 Å². The number of amides is 1. The van der Waals surface area contributed by atoms with E-state index in [2.05, 4.69) is 4.98 Å². The van der Waals surface area contributed by atoms with Gasteiger partial charge in [-0.1, -0.05) is 22.9 Å². The number of hydrogen-bond donors (Lipinski definition) is 1. The van der Waals surface area contributed by atoms with Crippen molar-refractivity contribution < 1.29 is 24.4 Å². The molecule has 0 saturated carbocycles. The molecule has 0 aliphatic carbocycles. The maximum absolute atomic E-state index is 13.3. The Morgan fingerprint density at radius 2 is 1.81 bits per heavy atom. The van der Waals surface area contributed by atoms with Crippen LogP contribution >= 0.6 is 22.9 Å². The Balaban J connectivity index is 1.70. The number of Topliss-reactive ketones (excluding diaryl/α,β-unsaturated/α-hetero) is 1. The SMILES string of the molecule is COc1ccc(C(O)=C2C(=O)C(=O)N(c3nc4ccc(Cl)cc4s3)C2c2ccc([N+](=O)[O-])cc2)cc1. The number of anilines is 1. The van der Waals surface area contributed by atoms with Gasteiger partial charge < -0.3 is 9.84 Å². The molecular weight excluding hydrogens is 506 g/mol. The normalized spacial score (nSPS) is 17.1. The van der Waals surface area contributed by atoms with Gasteiger partial charge in [0, 0.05) is 22.7 Å². The van der Waals surface area contributed by atoms with Gasteiger partial charge >= 0.3 is 5.91 Å². The maximum Gasteiger partial charge on any atom is 0.301 e. The van der Waals surface area contributed by atoms with Crippen molar-refractivity contribution in [2.75, 3.05) is 12.0 Å². The third-order valence-corrected chi connectivity index (χ3v) is 7.03. The number of thiazole rings is 1. The van der Waals surface area contributed by atoms with Crippen molar-refractivity contribution in [3.05, 3.63) is 98.6 Å². The molecule has 2 heterocycles. The molecule has 0 radical (unpaired) electrons. The van der Waals surface area contributed by atoms with Crippen LogP contribution in [-0.4, -0.2) is 33.8 Å². The van der Waals surface area contributed by atoms with Crippen LogP contribution in [0.4, 0.5) is 10.8 Å². The van der Waals surface area contributed by atoms with Gasteiger partial charge in [-0.2, -0.15) is 0 Å². The van der Waals surface area contributed by atoms with E-state index in [1.54, 1.807) is 42.5 Å². The third kappa shape index (κ3) is 3.96. The number of nitro benzene ring substituents is 1. The summed E-state index contributed by atoms with van der Waals surface area (Å²) >= 11 is 7.26. The molecule has 1 aromatic heterocycles. The summed E-state index contributed by atoms with van der Waals surface area (Å²) in [5.74, 6) is -1.61. The zero-order valence-corrected chi connectivity index (χ0v) is 20.1. The van der Waals surface area contributed by atoms with E-state index in [0.717, 1.165) is 11.3 Å². The second-order valence-corrected chi connectivity index (χ2v) is 9.30. The molecule has 180 valence electrons. The molecule has 1 fully saturated rings. The van der Waals surface area contributed by atoms with Crippen molar-refractivity contribution in [3.8, 4) is 5.75 Å². The van der Waals surface area contributed by atoms with Gasteiger partial charge in [0.15, 0.2) is 5.13 Å². The Labute approximate surface area is 213 Å². The summed E-state index contributed by atoms with van der Waals surface area (Å²) in [5, 5.41) is 23.1. The van der Waals surface area contributed by atoms with Gasteiger partial charge in [0.05, 0.1) is 33.9 Å². The monoisotopic (exact) mass is 521 g/mol. The van der Waals surface area contributed by atoms with Crippen molar-refractivity contribution in [2.24, 2.45) is 0 Å². The number of ketones is 1. The van der Waals surface area contributed by atoms with Crippen LogP contribution in [0.5, 0.6) is 5.75 Å². The molecule has 4 aromatic rings. The molecule has 1 aliphatic rings. The molecule has 1 unspecified atom stereocenters. The number of fused-ring (bicyclic) bond motifs is 1. The summed E-state index contributed by atoms with van der Waals surface area (Å²) in [6.07, 6.45) is 0. The lowest BCUT2D eigenvalue weighted by molar-refractivity contribution is -0.384. The van der Waals surface area contributed by atoms with Crippen LogP contribution in [-0.2, 0) is 9.59 Å². The highest BCUT2D eigenvalue weighted by atomic mass is 35.5. The number of hydrogen-bond acceptors (Lipinski definition) is 8. The fourth-order valence-electron chi connectivity index (χ4n) is 4.02. The Morgan fingerprint density at radius 3 is 2.44 bits per heavy atom. The van der Waals surface area contributed by atoms with Gasteiger partial charge in [-0.15, -0.1) is 0 Å². The lowest BCUT2D eigenvalue weighted by atomic mass is 9.95. The zero-order chi connectivity index (χ0) is 25.6. The number of aliphatic hydroxyl groups excluding tert-OH is 1. The predicted molar refractivity (Wildman–Crippen MR) is 136 cm³/mol. The molecule has 1 N–H and O–H groups in total. The molecule has 1 amide bonds. The second-order valence-electron chi connectivity index (χ2n) is 7.85. The Morgan fingerprint density at radius 1 is 1.11 bits per heavy atom. The lowest BCUT2D eigenvalue weighted by Gasteiger charge is -2.22. The van der Waals surface area contributed by atoms with Gasteiger partial charge in [0.25, 0.3) is 11.5 Å². The minimum absolute atomic E-state index is 0.152. The van der Waals surface area contributed by atoms with E-state index >= 15 is 0 Å². The van der Waals surface area contributed by atoms with Gasteiger partial charge in [-0.3, -0.25) is 24.6 Å². The van der Waals surface area contributed by atoms with Crippen LogP contribution in [0.3, 0.4) is 0 Å². The summed E-state index contributed by atoms with van der Waals surface area (Å²) in [4.78, 5) is 42.9. The first-order valence-electron chi connectivity index (χ1n) is 10.5. The molecule has 11 heteroatoms. The van der Waals surface area contributed by atoms with E-state index in [-0.39, 0.29) is 22.2 Å². The number of carbonyl (C=O) groups excluding carboxylic acids is 2. The standard InChI is InChI=1S/C25H16ClN3O6S/c1-35-17-9-4-14(5-10-17)22(30)20-21(13-2-7-16(8-3-13)29(33)34)28(24(32)23(20)31)25-27-18-11-6-15(26)12-19(18)36-25/h2-12,21,30H,1H3. The van der Waals surface area contributed by atoms with Crippen LogP contribution in [0.25, 0.3) is 16.0 Å². The number of carbonyl (C=O) groups is 2. The third-order valence-electron chi connectivity index (χ3n) is 5.77. The lowest BCUT2D eigenvalue weighted by Crippen LogP contribution is -2.29. The highest BCUT2D eigenvalue weighted by molar-refractivity contribution is 7.22. The second kappa shape index (κ2) is 9.06. The number of benzene rings is 3. The summed E-state index contributed by atoms with van der Waals surface area (Å²) in [7, 11) is 1.50. The Kier molecular flexibility index (Phi) is 5.91. The average Bonchev–Trinajstić information content (AvgIpc) is 3.41. The molecule has 36 heavy (non-hydrogen) atoms. The van der Waals surface area contributed by atoms with E-state index in [4.69, 9.17) is 16.3 Å². The van der Waals surface area contributed by atoms with Crippen LogP contribution in [0.15, 0.2) is 72.3 Å². The predicted octanol–water partition coefficient (Wildman–Crippen LogP) is 5.49. The van der Waals surface area contributed by atoms with E-state index in [1.807, 2.05) is 0 Å². The minimum atomic E-state index is -1.07. The van der Waals surface area contributed by atoms with Crippen molar-refractivity contribution in [1.29, 1.82) is 0 Å². The number of halogens is 1. The molecule has 1 atom stereocenters. The fourth-order valence-corrected chi connectivity index (χ4v) is 5.29. The van der Waals surface area contributed by atoms with Crippen molar-refractivity contribution in [1.82, 2.24) is 4.98 Å². The molecule has 9 nitrogen and oxygen atoms in total. The average molecular weight is 522 g/mol. The van der Waals surface area contributed by atoms with Gasteiger partial charge in [-0.25, -0.2) is 4.98 Å². The first-order valence-corrected chi connectivity index (χ1v) is 11.7. The number of rotatable bonds is 5. The number of methoxy groups -OCH3 is 1. The number of aromatic nitrogens is 1. The number of nitro groups is 1. The molecule has 3 aromatic carbocycles. The minimum Gasteiger partial charge on any atom is -0.507 e. The zero-order valence-electron chi connectivity index (χ0n) is 18.5. The molecule has 1 saturated heterocycles. The van der Waals surface area contributed by atoms with Gasteiger partial charge in [0.1, 0.15) is 11.5 Å². The maximum atomic E-state index is 13.3. The van der Waals surface area contributed by atoms with Crippen molar-refractivity contribution in [2.45, 2.75) is 6.04 Å². The van der Waals surface area contributed by atoms with E-state index in [1.165, 1.54) is 36.3 Å². The fraction of sp³-hybridized carbons (Fsp3) is 0.0800. The van der Waals surface area contributed by atoms with E-state index in [9.17, 15) is 24.8 Å². The highest BCUT2D eigenvalue weighted by Gasteiger charge is 2.48. The van der Waals surface area contributed by atoms with Gasteiger partial charge in [0.2, 0.25) is 0 Å². The quantitative estimate of drug-likeness (QED) is 0.121.